The van der Waals surface area contributed by atoms with Gasteiger partial charge in [0.25, 0.3) is 0 Å². The Bertz CT molecular complexity index is 413. The highest BCUT2D eigenvalue weighted by Gasteiger charge is 2.23. The number of fused-ring (bicyclic) bond motifs is 1. The second kappa shape index (κ2) is 4.74. The highest BCUT2D eigenvalue weighted by atomic mass is 79.9. The molecule has 0 aromatic heterocycles. The fourth-order valence-corrected chi connectivity index (χ4v) is 2.32. The number of ether oxygens (including phenoxy) is 3. The molecule has 2 rings (SSSR count). The first-order valence-electron chi connectivity index (χ1n) is 4.86. The van der Waals surface area contributed by atoms with Gasteiger partial charge in [-0.1, -0.05) is 0 Å². The third-order valence-electron chi connectivity index (χ3n) is 2.38. The Labute approximate surface area is 102 Å². The Morgan fingerprint density at radius 1 is 1.56 bits per heavy atom. The lowest BCUT2D eigenvalue weighted by Crippen LogP contribution is -1.97. The molecule has 0 aliphatic carbocycles. The summed E-state index contributed by atoms with van der Waals surface area (Å²) < 4.78 is 16.8. The Hall–Kier alpha value is -1.23. The summed E-state index contributed by atoms with van der Waals surface area (Å²) in [6.45, 7) is 0.211. The second-order valence-corrected chi connectivity index (χ2v) is 4.16. The summed E-state index contributed by atoms with van der Waals surface area (Å²) in [6.07, 6.45) is 1.89. The van der Waals surface area contributed by atoms with Crippen LogP contribution in [0.4, 0.5) is 0 Å². The van der Waals surface area contributed by atoms with Gasteiger partial charge in [-0.25, -0.2) is 0 Å². The zero-order valence-corrected chi connectivity index (χ0v) is 10.4. The first-order valence-corrected chi connectivity index (χ1v) is 5.65. The summed E-state index contributed by atoms with van der Waals surface area (Å²) in [4.78, 5) is 10.4. The van der Waals surface area contributed by atoms with Crippen LogP contribution in [0.25, 0.3) is 0 Å². The van der Waals surface area contributed by atoms with Gasteiger partial charge in [0, 0.05) is 18.1 Å². The molecule has 0 saturated carbocycles. The lowest BCUT2D eigenvalue weighted by atomic mass is 10.1. The van der Waals surface area contributed by atoms with E-state index in [1.54, 1.807) is 7.11 Å². The van der Waals surface area contributed by atoms with Gasteiger partial charge in [-0.3, -0.25) is 0 Å². The number of rotatable bonds is 4. The van der Waals surface area contributed by atoms with Crippen LogP contribution in [0, 0.1) is 0 Å². The molecule has 1 aromatic carbocycles. The summed E-state index contributed by atoms with van der Waals surface area (Å²) in [7, 11) is 1.59. The van der Waals surface area contributed by atoms with E-state index in [1.807, 2.05) is 6.07 Å². The fourth-order valence-electron chi connectivity index (χ4n) is 1.71. The van der Waals surface area contributed by atoms with E-state index in [0.717, 1.165) is 16.3 Å². The number of benzene rings is 1. The van der Waals surface area contributed by atoms with E-state index in [4.69, 9.17) is 14.2 Å². The fraction of sp³-hybridized carbons (Fsp3) is 0.364. The predicted molar refractivity (Wildman–Crippen MR) is 61.2 cm³/mol. The molecule has 1 aliphatic heterocycles. The van der Waals surface area contributed by atoms with E-state index >= 15 is 0 Å². The van der Waals surface area contributed by atoms with Crippen molar-refractivity contribution in [3.8, 4) is 17.2 Å². The van der Waals surface area contributed by atoms with Crippen molar-refractivity contribution in [2.45, 2.75) is 12.8 Å². The molecule has 0 amide bonds. The number of carbonyl (C=O) groups excluding carboxylic acids is 1. The van der Waals surface area contributed by atoms with Crippen molar-refractivity contribution in [3.05, 3.63) is 16.1 Å². The summed E-state index contributed by atoms with van der Waals surface area (Å²) in [6, 6.07) is 1.81. The summed E-state index contributed by atoms with van der Waals surface area (Å²) in [5.41, 5.74) is 0.872. The normalized spacial score (nSPS) is 12.6. The van der Waals surface area contributed by atoms with Gasteiger partial charge >= 0.3 is 0 Å². The Balaban J connectivity index is 2.48. The zero-order valence-electron chi connectivity index (χ0n) is 8.79. The predicted octanol–water partition coefficient (Wildman–Crippen LogP) is 2.32. The summed E-state index contributed by atoms with van der Waals surface area (Å²) >= 11 is 3.40. The maximum Gasteiger partial charge on any atom is 0.231 e. The van der Waals surface area contributed by atoms with Gasteiger partial charge in [0.15, 0.2) is 11.5 Å². The van der Waals surface area contributed by atoms with Gasteiger partial charge in [-0.2, -0.15) is 0 Å². The van der Waals surface area contributed by atoms with E-state index in [0.29, 0.717) is 30.1 Å². The number of hydrogen-bond acceptors (Lipinski definition) is 4. The third-order valence-corrected chi connectivity index (χ3v) is 2.97. The largest absolute Gasteiger partial charge is 0.495 e. The van der Waals surface area contributed by atoms with Crippen LogP contribution in [0.15, 0.2) is 10.5 Å². The molecule has 4 nitrogen and oxygen atoms in total. The van der Waals surface area contributed by atoms with E-state index in [2.05, 4.69) is 15.9 Å². The number of carbonyl (C=O) groups is 1. The maximum absolute atomic E-state index is 10.4. The van der Waals surface area contributed by atoms with Gasteiger partial charge in [0.05, 0.1) is 11.6 Å². The van der Waals surface area contributed by atoms with Crippen molar-refractivity contribution >= 4 is 22.2 Å². The van der Waals surface area contributed by atoms with Gasteiger partial charge in [0.1, 0.15) is 12.0 Å². The molecular formula is C11H11BrO4. The van der Waals surface area contributed by atoms with Crippen LogP contribution >= 0.6 is 15.9 Å². The summed E-state index contributed by atoms with van der Waals surface area (Å²) in [5, 5.41) is 0. The minimum atomic E-state index is 0.211. The smallest absolute Gasteiger partial charge is 0.231 e. The molecule has 1 aromatic rings. The van der Waals surface area contributed by atoms with E-state index in [9.17, 15) is 4.79 Å². The van der Waals surface area contributed by atoms with E-state index in [1.165, 1.54) is 0 Å². The molecule has 0 N–H and O–H groups in total. The minimum absolute atomic E-state index is 0.211. The Morgan fingerprint density at radius 3 is 3.06 bits per heavy atom. The van der Waals surface area contributed by atoms with E-state index in [-0.39, 0.29) is 6.79 Å². The average molecular weight is 287 g/mol. The van der Waals surface area contributed by atoms with Crippen LogP contribution in [0.5, 0.6) is 17.2 Å². The molecule has 16 heavy (non-hydrogen) atoms. The Morgan fingerprint density at radius 2 is 2.38 bits per heavy atom. The first kappa shape index (κ1) is 11.3. The molecule has 0 bridgehead atoms. The number of methoxy groups -OCH3 is 1. The molecule has 0 radical (unpaired) electrons. The maximum atomic E-state index is 10.4. The SMILES string of the molecule is COc1c(Br)cc2c(c1CCC=O)OCO2. The van der Waals surface area contributed by atoms with Crippen molar-refractivity contribution in [1.82, 2.24) is 0 Å². The average Bonchev–Trinajstić information content (AvgIpc) is 2.72. The van der Waals surface area contributed by atoms with Crippen molar-refractivity contribution < 1.29 is 19.0 Å². The molecule has 0 atom stereocenters. The molecule has 5 heteroatoms. The first-order chi connectivity index (χ1) is 7.77. The van der Waals surface area contributed by atoms with Crippen LogP contribution in [0.2, 0.25) is 0 Å². The second-order valence-electron chi connectivity index (χ2n) is 3.31. The van der Waals surface area contributed by atoms with Crippen LogP contribution < -0.4 is 14.2 Å². The van der Waals surface area contributed by atoms with Gasteiger partial charge < -0.3 is 19.0 Å². The van der Waals surface area contributed by atoms with Crippen molar-refractivity contribution in [2.24, 2.45) is 0 Å². The highest BCUT2D eigenvalue weighted by Crippen LogP contribution is 2.45. The lowest BCUT2D eigenvalue weighted by Gasteiger charge is -2.12. The molecule has 0 unspecified atom stereocenters. The van der Waals surface area contributed by atoms with Crippen molar-refractivity contribution in [1.29, 1.82) is 0 Å². The molecule has 1 heterocycles. The van der Waals surface area contributed by atoms with Crippen LogP contribution in [0.1, 0.15) is 12.0 Å². The molecule has 1 aliphatic rings. The Kier molecular flexibility index (Phi) is 3.33. The summed E-state index contributed by atoms with van der Waals surface area (Å²) in [5.74, 6) is 2.07. The van der Waals surface area contributed by atoms with Crippen molar-refractivity contribution in [2.75, 3.05) is 13.9 Å². The zero-order chi connectivity index (χ0) is 11.5. The van der Waals surface area contributed by atoms with Crippen LogP contribution in [-0.2, 0) is 11.2 Å². The topological polar surface area (TPSA) is 44.8 Å². The van der Waals surface area contributed by atoms with Gasteiger partial charge in [0.2, 0.25) is 6.79 Å². The van der Waals surface area contributed by atoms with E-state index < -0.39 is 0 Å². The van der Waals surface area contributed by atoms with Gasteiger partial charge in [-0.05, 0) is 22.4 Å². The molecule has 0 fully saturated rings. The highest BCUT2D eigenvalue weighted by molar-refractivity contribution is 9.10. The van der Waals surface area contributed by atoms with Crippen LogP contribution in [0.3, 0.4) is 0 Å². The molecular weight excluding hydrogens is 276 g/mol. The quantitative estimate of drug-likeness (QED) is 0.797. The standard InChI is InChI=1S/C11H11BrO4/c1-14-10-7(3-2-4-13)11-9(5-8(10)12)15-6-16-11/h4-5H,2-3,6H2,1H3. The molecule has 86 valence electrons. The minimum Gasteiger partial charge on any atom is -0.495 e. The third kappa shape index (κ3) is 1.87. The number of halogens is 1. The number of aldehydes is 1. The lowest BCUT2D eigenvalue weighted by molar-refractivity contribution is -0.107. The molecule has 0 spiro atoms. The van der Waals surface area contributed by atoms with Crippen molar-refractivity contribution in [3.63, 3.8) is 0 Å². The monoisotopic (exact) mass is 286 g/mol. The molecule has 0 saturated heterocycles. The van der Waals surface area contributed by atoms with Gasteiger partial charge in [-0.15, -0.1) is 0 Å². The van der Waals surface area contributed by atoms with Crippen LogP contribution in [-0.4, -0.2) is 20.2 Å². The number of hydrogen-bond donors (Lipinski definition) is 0.